The normalized spacial score (nSPS) is 11.2. The van der Waals surface area contributed by atoms with E-state index in [0.717, 1.165) is 31.2 Å². The predicted molar refractivity (Wildman–Crippen MR) is 96.9 cm³/mol. The molecule has 2 rings (SSSR count). The van der Waals surface area contributed by atoms with Crippen LogP contribution in [0.3, 0.4) is 0 Å². The molecule has 0 aliphatic rings. The summed E-state index contributed by atoms with van der Waals surface area (Å²) in [5, 5.41) is 2.82. The third kappa shape index (κ3) is 5.20. The first-order chi connectivity index (χ1) is 11.4. The van der Waals surface area contributed by atoms with Gasteiger partial charge in [-0.1, -0.05) is 43.7 Å². The van der Waals surface area contributed by atoms with Gasteiger partial charge in [0.25, 0.3) is 0 Å². The van der Waals surface area contributed by atoms with E-state index in [-0.39, 0.29) is 17.2 Å². The Morgan fingerprint density at radius 3 is 2.33 bits per heavy atom. The summed E-state index contributed by atoms with van der Waals surface area (Å²) in [5.74, 6) is -0.229. The third-order valence-electron chi connectivity index (χ3n) is 3.78. The van der Waals surface area contributed by atoms with Crippen LogP contribution in [0.25, 0.3) is 0 Å². The molecule has 0 bridgehead atoms. The molecule has 0 atom stereocenters. The fourth-order valence-electron chi connectivity index (χ4n) is 2.53. The van der Waals surface area contributed by atoms with Crippen molar-refractivity contribution in [2.75, 3.05) is 11.6 Å². The van der Waals surface area contributed by atoms with Gasteiger partial charge in [0.15, 0.2) is 9.84 Å². The molecule has 0 saturated heterocycles. The molecule has 0 heterocycles. The minimum absolute atomic E-state index is 0.0286. The van der Waals surface area contributed by atoms with E-state index < -0.39 is 9.84 Å². The average Bonchev–Trinajstić information content (AvgIpc) is 2.53. The highest BCUT2D eigenvalue weighted by Crippen LogP contribution is 2.17. The summed E-state index contributed by atoms with van der Waals surface area (Å²) in [6, 6.07) is 14.4. The van der Waals surface area contributed by atoms with Crippen LogP contribution in [0.2, 0.25) is 0 Å². The number of sulfone groups is 1. The predicted octanol–water partition coefficient (Wildman–Crippen LogP) is 3.61. The second-order valence-corrected chi connectivity index (χ2v) is 7.89. The number of amides is 1. The summed E-state index contributed by atoms with van der Waals surface area (Å²) in [6.07, 6.45) is 4.51. The number of hydrogen-bond acceptors (Lipinski definition) is 3. The number of hydrogen-bond donors (Lipinski definition) is 1. The lowest BCUT2D eigenvalue weighted by Crippen LogP contribution is -2.16. The minimum Gasteiger partial charge on any atom is -0.326 e. The Morgan fingerprint density at radius 1 is 1.04 bits per heavy atom. The van der Waals surface area contributed by atoms with Crippen molar-refractivity contribution in [1.82, 2.24) is 0 Å². The van der Waals surface area contributed by atoms with Gasteiger partial charge in [-0.05, 0) is 42.2 Å². The van der Waals surface area contributed by atoms with E-state index in [1.165, 1.54) is 11.6 Å². The molecule has 2 aromatic rings. The van der Waals surface area contributed by atoms with Crippen LogP contribution < -0.4 is 5.32 Å². The van der Waals surface area contributed by atoms with Crippen molar-refractivity contribution in [3.63, 3.8) is 0 Å². The molecular weight excluding hydrogens is 322 g/mol. The number of carbonyl (C=O) groups is 1. The maximum atomic E-state index is 12.2. The average molecular weight is 345 g/mol. The molecule has 24 heavy (non-hydrogen) atoms. The van der Waals surface area contributed by atoms with Gasteiger partial charge >= 0.3 is 0 Å². The van der Waals surface area contributed by atoms with E-state index in [0.29, 0.717) is 5.56 Å². The van der Waals surface area contributed by atoms with Crippen molar-refractivity contribution in [2.24, 2.45) is 0 Å². The molecule has 0 aliphatic heterocycles. The topological polar surface area (TPSA) is 63.2 Å². The molecule has 0 spiro atoms. The first-order valence-corrected chi connectivity index (χ1v) is 9.96. The number of nitrogens with one attached hydrogen (secondary N) is 1. The summed E-state index contributed by atoms with van der Waals surface area (Å²) in [7, 11) is -3.35. The summed E-state index contributed by atoms with van der Waals surface area (Å²) >= 11 is 0. The van der Waals surface area contributed by atoms with Crippen LogP contribution in [0, 0.1) is 0 Å². The molecule has 0 saturated carbocycles. The van der Waals surface area contributed by atoms with Crippen molar-refractivity contribution >= 4 is 21.4 Å². The Hall–Kier alpha value is -2.14. The lowest BCUT2D eigenvalue weighted by atomic mass is 10.1. The molecule has 5 heteroatoms. The summed E-state index contributed by atoms with van der Waals surface area (Å²) in [5.41, 5.74) is 2.48. The van der Waals surface area contributed by atoms with Crippen LogP contribution >= 0.6 is 0 Å². The number of aryl methyl sites for hydroxylation is 1. The van der Waals surface area contributed by atoms with Crippen molar-refractivity contribution in [1.29, 1.82) is 0 Å². The standard InChI is InChI=1S/C19H23NO3S/c1-3-4-7-15-10-12-17(13-11-15)20-19(21)14-16-8-5-6-9-18(16)24(2,22)23/h5-6,8-13H,3-4,7,14H2,1-2H3,(H,20,21). The van der Waals surface area contributed by atoms with E-state index in [4.69, 9.17) is 0 Å². The molecule has 4 nitrogen and oxygen atoms in total. The summed E-state index contributed by atoms with van der Waals surface area (Å²) < 4.78 is 23.6. The lowest BCUT2D eigenvalue weighted by molar-refractivity contribution is -0.115. The van der Waals surface area contributed by atoms with Crippen LogP contribution in [0.15, 0.2) is 53.4 Å². The summed E-state index contributed by atoms with van der Waals surface area (Å²) in [4.78, 5) is 12.4. The molecule has 0 radical (unpaired) electrons. The lowest BCUT2D eigenvalue weighted by Gasteiger charge is -2.09. The quantitative estimate of drug-likeness (QED) is 0.834. The van der Waals surface area contributed by atoms with Gasteiger partial charge < -0.3 is 5.32 Å². The zero-order valence-corrected chi connectivity index (χ0v) is 14.9. The van der Waals surface area contributed by atoms with E-state index in [9.17, 15) is 13.2 Å². The van der Waals surface area contributed by atoms with Crippen LogP contribution in [-0.2, 0) is 27.5 Å². The monoisotopic (exact) mass is 345 g/mol. The highest BCUT2D eigenvalue weighted by Gasteiger charge is 2.15. The van der Waals surface area contributed by atoms with Crippen molar-refractivity contribution in [3.8, 4) is 0 Å². The van der Waals surface area contributed by atoms with Gasteiger partial charge in [0.05, 0.1) is 11.3 Å². The number of carbonyl (C=O) groups excluding carboxylic acids is 1. The van der Waals surface area contributed by atoms with E-state index in [1.54, 1.807) is 18.2 Å². The second-order valence-electron chi connectivity index (χ2n) is 5.91. The molecule has 0 fully saturated rings. The fraction of sp³-hybridized carbons (Fsp3) is 0.316. The van der Waals surface area contributed by atoms with Crippen LogP contribution in [0.4, 0.5) is 5.69 Å². The molecule has 0 aromatic heterocycles. The van der Waals surface area contributed by atoms with Crippen LogP contribution in [0.5, 0.6) is 0 Å². The number of unbranched alkanes of at least 4 members (excludes halogenated alkanes) is 1. The molecule has 0 unspecified atom stereocenters. The Balaban J connectivity index is 2.04. The van der Waals surface area contributed by atoms with Crippen molar-refractivity contribution < 1.29 is 13.2 Å². The third-order valence-corrected chi connectivity index (χ3v) is 4.98. The van der Waals surface area contributed by atoms with Gasteiger partial charge in [-0.3, -0.25) is 4.79 Å². The van der Waals surface area contributed by atoms with Gasteiger partial charge in [0.2, 0.25) is 5.91 Å². The van der Waals surface area contributed by atoms with Gasteiger partial charge in [0.1, 0.15) is 0 Å². The molecule has 0 aliphatic carbocycles. The SMILES string of the molecule is CCCCc1ccc(NC(=O)Cc2ccccc2S(C)(=O)=O)cc1. The van der Waals surface area contributed by atoms with Gasteiger partial charge in [0, 0.05) is 11.9 Å². The van der Waals surface area contributed by atoms with Gasteiger partial charge in [-0.15, -0.1) is 0 Å². The molecule has 2 aromatic carbocycles. The Labute approximate surface area is 143 Å². The first kappa shape index (κ1) is 18.2. The number of anilines is 1. The van der Waals surface area contributed by atoms with Crippen LogP contribution in [0.1, 0.15) is 30.9 Å². The van der Waals surface area contributed by atoms with Crippen molar-refractivity contribution in [2.45, 2.75) is 37.5 Å². The Morgan fingerprint density at radius 2 is 1.71 bits per heavy atom. The zero-order valence-electron chi connectivity index (χ0n) is 14.1. The highest BCUT2D eigenvalue weighted by molar-refractivity contribution is 7.90. The largest absolute Gasteiger partial charge is 0.326 e. The van der Waals surface area contributed by atoms with E-state index >= 15 is 0 Å². The highest BCUT2D eigenvalue weighted by atomic mass is 32.2. The van der Waals surface area contributed by atoms with Crippen molar-refractivity contribution in [3.05, 3.63) is 59.7 Å². The molecule has 1 N–H and O–H groups in total. The van der Waals surface area contributed by atoms with E-state index in [1.807, 2.05) is 24.3 Å². The Bertz CT molecular complexity index is 796. The summed E-state index contributed by atoms with van der Waals surface area (Å²) in [6.45, 7) is 2.16. The first-order valence-electron chi connectivity index (χ1n) is 8.07. The zero-order chi connectivity index (χ0) is 17.6. The van der Waals surface area contributed by atoms with Crippen LogP contribution in [-0.4, -0.2) is 20.6 Å². The number of rotatable bonds is 7. The minimum atomic E-state index is -3.35. The van der Waals surface area contributed by atoms with Gasteiger partial charge in [-0.25, -0.2) is 8.42 Å². The maximum absolute atomic E-state index is 12.2. The smallest absolute Gasteiger partial charge is 0.228 e. The molecule has 1 amide bonds. The Kier molecular flexibility index (Phi) is 6.15. The second kappa shape index (κ2) is 8.11. The number of benzene rings is 2. The molecule has 128 valence electrons. The fourth-order valence-corrected chi connectivity index (χ4v) is 3.47. The maximum Gasteiger partial charge on any atom is 0.228 e. The van der Waals surface area contributed by atoms with Gasteiger partial charge in [-0.2, -0.15) is 0 Å². The van der Waals surface area contributed by atoms with E-state index in [2.05, 4.69) is 12.2 Å². The molecular formula is C19H23NO3S.